The Morgan fingerprint density at radius 3 is 2.60 bits per heavy atom. The third kappa shape index (κ3) is 3.63. The third-order valence-corrected chi connectivity index (χ3v) is 2.36. The van der Waals surface area contributed by atoms with E-state index in [-0.39, 0.29) is 6.04 Å². The second kappa shape index (κ2) is 5.26. The fraction of sp³-hybridized carbons (Fsp3) is 0.455. The van der Waals surface area contributed by atoms with E-state index in [2.05, 4.69) is 51.6 Å². The Hall–Kier alpha value is -0.900. The summed E-state index contributed by atoms with van der Waals surface area (Å²) in [5.41, 5.74) is 0. The zero-order chi connectivity index (χ0) is 11.4. The van der Waals surface area contributed by atoms with Gasteiger partial charge >= 0.3 is 0 Å². The normalized spacial score (nSPS) is 12.6. The molecular formula is C11H16BrN3. The number of hydrogen-bond donors (Lipinski definition) is 1. The Bertz CT molecular complexity index is 350. The highest BCUT2D eigenvalue weighted by Gasteiger charge is 2.07. The molecular weight excluding hydrogens is 254 g/mol. The van der Waals surface area contributed by atoms with E-state index in [4.69, 9.17) is 0 Å². The van der Waals surface area contributed by atoms with Crippen LogP contribution in [-0.4, -0.2) is 16.0 Å². The van der Waals surface area contributed by atoms with Crippen molar-refractivity contribution in [1.29, 1.82) is 0 Å². The highest BCUT2D eigenvalue weighted by molar-refractivity contribution is 9.10. The fourth-order valence-electron chi connectivity index (χ4n) is 1.06. The first kappa shape index (κ1) is 12.2. The number of hydrogen-bond acceptors (Lipinski definition) is 3. The standard InChI is InChI=1S/C11H16BrN3/c1-5-8(4)13-10-6-9(12)14-11(15-10)7(2)3/h5-8H,1H2,2-4H3,(H,13,14,15). The van der Waals surface area contributed by atoms with Crippen LogP contribution in [0.3, 0.4) is 0 Å². The topological polar surface area (TPSA) is 37.8 Å². The van der Waals surface area contributed by atoms with Crippen LogP contribution in [0.4, 0.5) is 5.82 Å². The summed E-state index contributed by atoms with van der Waals surface area (Å²) in [4.78, 5) is 8.73. The van der Waals surface area contributed by atoms with Gasteiger partial charge in [-0.05, 0) is 22.9 Å². The molecule has 1 atom stereocenters. The molecule has 1 aromatic heterocycles. The fourth-order valence-corrected chi connectivity index (χ4v) is 1.46. The van der Waals surface area contributed by atoms with Gasteiger partial charge in [-0.15, -0.1) is 6.58 Å². The Morgan fingerprint density at radius 1 is 1.40 bits per heavy atom. The van der Waals surface area contributed by atoms with Crippen molar-refractivity contribution in [2.75, 3.05) is 5.32 Å². The van der Waals surface area contributed by atoms with Crippen molar-refractivity contribution >= 4 is 21.7 Å². The van der Waals surface area contributed by atoms with Crippen molar-refractivity contribution in [3.05, 3.63) is 29.1 Å². The van der Waals surface area contributed by atoms with Gasteiger partial charge in [-0.2, -0.15) is 0 Å². The van der Waals surface area contributed by atoms with Gasteiger partial charge in [0, 0.05) is 18.0 Å². The first-order valence-electron chi connectivity index (χ1n) is 4.96. The molecule has 1 N–H and O–H groups in total. The van der Waals surface area contributed by atoms with Crippen LogP contribution in [0, 0.1) is 0 Å². The summed E-state index contributed by atoms with van der Waals surface area (Å²) in [5.74, 6) is 1.98. The smallest absolute Gasteiger partial charge is 0.134 e. The molecule has 15 heavy (non-hydrogen) atoms. The molecule has 0 aliphatic carbocycles. The minimum Gasteiger partial charge on any atom is -0.364 e. The zero-order valence-corrected chi connectivity index (χ0v) is 10.9. The van der Waals surface area contributed by atoms with E-state index >= 15 is 0 Å². The second-order valence-corrected chi connectivity index (χ2v) is 4.57. The van der Waals surface area contributed by atoms with Crippen LogP contribution in [-0.2, 0) is 0 Å². The minimum absolute atomic E-state index is 0.201. The highest BCUT2D eigenvalue weighted by atomic mass is 79.9. The van der Waals surface area contributed by atoms with Crippen molar-refractivity contribution in [2.24, 2.45) is 0 Å². The lowest BCUT2D eigenvalue weighted by Gasteiger charge is -2.12. The number of rotatable bonds is 4. The Labute approximate surface area is 99.2 Å². The Kier molecular flexibility index (Phi) is 4.27. The van der Waals surface area contributed by atoms with E-state index in [1.165, 1.54) is 0 Å². The predicted molar refractivity (Wildman–Crippen MR) is 67.1 cm³/mol. The number of nitrogens with one attached hydrogen (secondary N) is 1. The SMILES string of the molecule is C=CC(C)Nc1cc(Br)nc(C(C)C)n1. The molecule has 4 heteroatoms. The van der Waals surface area contributed by atoms with Gasteiger partial charge < -0.3 is 5.32 Å². The molecule has 0 saturated carbocycles. The van der Waals surface area contributed by atoms with E-state index in [1.807, 2.05) is 19.1 Å². The summed E-state index contributed by atoms with van der Waals surface area (Å²) in [5, 5.41) is 3.23. The Balaban J connectivity index is 2.93. The van der Waals surface area contributed by atoms with Crippen LogP contribution in [0.5, 0.6) is 0 Å². The molecule has 0 bridgehead atoms. The van der Waals surface area contributed by atoms with Gasteiger partial charge in [0.2, 0.25) is 0 Å². The van der Waals surface area contributed by atoms with E-state index < -0.39 is 0 Å². The predicted octanol–water partition coefficient (Wildman–Crippen LogP) is 3.35. The van der Waals surface area contributed by atoms with Crippen LogP contribution >= 0.6 is 15.9 Å². The largest absolute Gasteiger partial charge is 0.364 e. The molecule has 3 nitrogen and oxygen atoms in total. The molecule has 1 rings (SSSR count). The van der Waals surface area contributed by atoms with Crippen LogP contribution in [0.25, 0.3) is 0 Å². The molecule has 0 saturated heterocycles. The van der Waals surface area contributed by atoms with E-state index in [9.17, 15) is 0 Å². The second-order valence-electron chi connectivity index (χ2n) is 3.76. The quantitative estimate of drug-likeness (QED) is 0.673. The lowest BCUT2D eigenvalue weighted by molar-refractivity contribution is 0.768. The number of halogens is 1. The molecule has 1 heterocycles. The molecule has 0 aliphatic heterocycles. The summed E-state index contributed by atoms with van der Waals surface area (Å²) < 4.78 is 0.806. The summed E-state index contributed by atoms with van der Waals surface area (Å²) in [6.45, 7) is 9.89. The highest BCUT2D eigenvalue weighted by Crippen LogP contribution is 2.17. The maximum atomic E-state index is 4.42. The van der Waals surface area contributed by atoms with Crippen LogP contribution in [0.2, 0.25) is 0 Å². The summed E-state index contributed by atoms with van der Waals surface area (Å²) in [6.07, 6.45) is 1.84. The molecule has 0 aliphatic rings. The molecule has 1 aromatic rings. The lowest BCUT2D eigenvalue weighted by Crippen LogP contribution is -2.13. The first-order chi connectivity index (χ1) is 7.02. The van der Waals surface area contributed by atoms with E-state index in [1.54, 1.807) is 0 Å². The summed E-state index contributed by atoms with van der Waals surface area (Å²) in [6, 6.07) is 2.07. The minimum atomic E-state index is 0.201. The van der Waals surface area contributed by atoms with Gasteiger partial charge in [-0.25, -0.2) is 9.97 Å². The van der Waals surface area contributed by atoms with Crippen LogP contribution in [0.1, 0.15) is 32.5 Å². The van der Waals surface area contributed by atoms with Crippen molar-refractivity contribution in [3.8, 4) is 0 Å². The maximum absolute atomic E-state index is 4.42. The molecule has 0 aromatic carbocycles. The molecule has 82 valence electrons. The van der Waals surface area contributed by atoms with Gasteiger partial charge in [0.1, 0.15) is 16.2 Å². The van der Waals surface area contributed by atoms with Crippen molar-refractivity contribution in [2.45, 2.75) is 32.7 Å². The number of anilines is 1. The molecule has 0 amide bonds. The van der Waals surface area contributed by atoms with Crippen LogP contribution < -0.4 is 5.32 Å². The molecule has 0 spiro atoms. The lowest BCUT2D eigenvalue weighted by atomic mass is 10.2. The third-order valence-electron chi connectivity index (χ3n) is 1.96. The van der Waals surface area contributed by atoms with E-state index in [0.29, 0.717) is 5.92 Å². The summed E-state index contributed by atoms with van der Waals surface area (Å²) >= 11 is 3.38. The number of aromatic nitrogens is 2. The Morgan fingerprint density at radius 2 is 2.07 bits per heavy atom. The molecule has 0 fully saturated rings. The van der Waals surface area contributed by atoms with E-state index in [0.717, 1.165) is 16.2 Å². The van der Waals surface area contributed by atoms with Crippen LogP contribution in [0.15, 0.2) is 23.3 Å². The van der Waals surface area contributed by atoms with Crippen molar-refractivity contribution < 1.29 is 0 Å². The average Bonchev–Trinajstić information content (AvgIpc) is 2.16. The van der Waals surface area contributed by atoms with Gasteiger partial charge in [-0.3, -0.25) is 0 Å². The van der Waals surface area contributed by atoms with Gasteiger partial charge in [0.15, 0.2) is 0 Å². The maximum Gasteiger partial charge on any atom is 0.134 e. The van der Waals surface area contributed by atoms with Gasteiger partial charge in [0.05, 0.1) is 0 Å². The molecule has 0 radical (unpaired) electrons. The monoisotopic (exact) mass is 269 g/mol. The van der Waals surface area contributed by atoms with Gasteiger partial charge in [-0.1, -0.05) is 19.9 Å². The number of nitrogens with zero attached hydrogens (tertiary/aromatic N) is 2. The van der Waals surface area contributed by atoms with Crippen molar-refractivity contribution in [1.82, 2.24) is 9.97 Å². The summed E-state index contributed by atoms with van der Waals surface area (Å²) in [7, 11) is 0. The van der Waals surface area contributed by atoms with Gasteiger partial charge in [0.25, 0.3) is 0 Å². The zero-order valence-electron chi connectivity index (χ0n) is 9.29. The average molecular weight is 270 g/mol. The molecule has 1 unspecified atom stereocenters. The van der Waals surface area contributed by atoms with Crippen molar-refractivity contribution in [3.63, 3.8) is 0 Å². The first-order valence-corrected chi connectivity index (χ1v) is 5.75.